The Kier molecular flexibility index (Phi) is 2.78. The quantitative estimate of drug-likeness (QED) is 0.737. The fourth-order valence-electron chi connectivity index (χ4n) is 1.85. The van der Waals surface area contributed by atoms with Gasteiger partial charge in [0.15, 0.2) is 0 Å². The fourth-order valence-corrected chi connectivity index (χ4v) is 1.85. The first-order chi connectivity index (χ1) is 7.60. The van der Waals surface area contributed by atoms with Gasteiger partial charge in [0.2, 0.25) is 0 Å². The van der Waals surface area contributed by atoms with Crippen molar-refractivity contribution in [3.05, 3.63) is 65.5 Å². The largest absolute Gasteiger partial charge is 0.260 e. The molecule has 0 bridgehead atoms. The van der Waals surface area contributed by atoms with Gasteiger partial charge in [-0.25, -0.2) is 0 Å². The van der Waals surface area contributed by atoms with Crippen molar-refractivity contribution in [3.8, 4) is 0 Å². The van der Waals surface area contributed by atoms with E-state index in [9.17, 15) is 0 Å². The summed E-state index contributed by atoms with van der Waals surface area (Å²) in [6, 6.07) is 14.8. The van der Waals surface area contributed by atoms with E-state index in [1.165, 1.54) is 11.1 Å². The monoisotopic (exact) mass is 211 g/mol. The van der Waals surface area contributed by atoms with Crippen molar-refractivity contribution < 1.29 is 0 Å². The molecule has 0 radical (unpaired) electrons. The molecule has 0 aliphatic rings. The second-order valence-corrected chi connectivity index (χ2v) is 4.71. The number of hydrogen-bond donors (Lipinski definition) is 0. The Morgan fingerprint density at radius 3 is 2.19 bits per heavy atom. The molecular formula is C15H17N. The van der Waals surface area contributed by atoms with Crippen LogP contribution in [0.25, 0.3) is 0 Å². The van der Waals surface area contributed by atoms with E-state index < -0.39 is 0 Å². The highest BCUT2D eigenvalue weighted by molar-refractivity contribution is 5.35. The van der Waals surface area contributed by atoms with Crippen LogP contribution in [0, 0.1) is 6.92 Å². The van der Waals surface area contributed by atoms with Gasteiger partial charge in [-0.1, -0.05) is 49.7 Å². The molecule has 1 aromatic heterocycles. The second-order valence-electron chi connectivity index (χ2n) is 4.71. The zero-order valence-electron chi connectivity index (χ0n) is 10.1. The maximum Gasteiger partial charge on any atom is 0.0503 e. The van der Waals surface area contributed by atoms with Crippen molar-refractivity contribution in [2.75, 3.05) is 0 Å². The molecule has 82 valence electrons. The van der Waals surface area contributed by atoms with E-state index in [0.717, 1.165) is 5.69 Å². The number of pyridine rings is 1. The lowest BCUT2D eigenvalue weighted by molar-refractivity contribution is 0.616. The average Bonchev–Trinajstić information content (AvgIpc) is 2.31. The van der Waals surface area contributed by atoms with Gasteiger partial charge < -0.3 is 0 Å². The molecule has 2 aromatic rings. The molecule has 0 atom stereocenters. The summed E-state index contributed by atoms with van der Waals surface area (Å²) in [5.41, 5.74) is 3.67. The number of aryl methyl sites for hydroxylation is 1. The molecule has 0 unspecified atom stereocenters. The van der Waals surface area contributed by atoms with Crippen LogP contribution in [0.2, 0.25) is 0 Å². The van der Waals surface area contributed by atoms with E-state index in [2.05, 4.69) is 56.1 Å². The molecule has 16 heavy (non-hydrogen) atoms. The van der Waals surface area contributed by atoms with Crippen LogP contribution < -0.4 is 0 Å². The third-order valence-corrected chi connectivity index (χ3v) is 3.08. The lowest BCUT2D eigenvalue weighted by Crippen LogP contribution is -2.20. The molecule has 0 saturated carbocycles. The van der Waals surface area contributed by atoms with Crippen LogP contribution in [0.4, 0.5) is 0 Å². The van der Waals surface area contributed by atoms with Crippen molar-refractivity contribution in [3.63, 3.8) is 0 Å². The number of hydrogen-bond acceptors (Lipinski definition) is 1. The number of rotatable bonds is 2. The Bertz CT molecular complexity index is 455. The lowest BCUT2D eigenvalue weighted by atomic mass is 9.81. The maximum absolute atomic E-state index is 4.45. The van der Waals surface area contributed by atoms with Gasteiger partial charge in [-0.15, -0.1) is 0 Å². The molecule has 0 N–H and O–H groups in total. The van der Waals surface area contributed by atoms with Gasteiger partial charge in [-0.3, -0.25) is 4.98 Å². The minimum Gasteiger partial charge on any atom is -0.260 e. The number of benzene rings is 1. The first kappa shape index (κ1) is 10.9. The minimum atomic E-state index is -0.0328. The number of nitrogens with zero attached hydrogens (tertiary/aromatic N) is 1. The van der Waals surface area contributed by atoms with Gasteiger partial charge in [0.25, 0.3) is 0 Å². The summed E-state index contributed by atoms with van der Waals surface area (Å²) in [4.78, 5) is 4.45. The molecule has 1 heterocycles. The molecule has 0 amide bonds. The predicted octanol–water partition coefficient (Wildman–Crippen LogP) is 3.72. The van der Waals surface area contributed by atoms with E-state index in [1.54, 1.807) is 0 Å². The molecule has 1 nitrogen and oxygen atoms in total. The van der Waals surface area contributed by atoms with Crippen LogP contribution in [-0.4, -0.2) is 4.98 Å². The Morgan fingerprint density at radius 2 is 1.62 bits per heavy atom. The first-order valence-corrected chi connectivity index (χ1v) is 5.59. The summed E-state index contributed by atoms with van der Waals surface area (Å²) in [6.07, 6.45) is 1.85. The van der Waals surface area contributed by atoms with Gasteiger partial charge in [0.1, 0.15) is 0 Å². The minimum absolute atomic E-state index is 0.0328. The summed E-state index contributed by atoms with van der Waals surface area (Å²) >= 11 is 0. The van der Waals surface area contributed by atoms with Gasteiger partial charge in [0.05, 0.1) is 5.69 Å². The van der Waals surface area contributed by atoms with Crippen LogP contribution in [0.15, 0.2) is 48.7 Å². The smallest absolute Gasteiger partial charge is 0.0503 e. The highest BCUT2D eigenvalue weighted by Crippen LogP contribution is 2.29. The molecule has 0 fully saturated rings. The van der Waals surface area contributed by atoms with E-state index in [4.69, 9.17) is 0 Å². The topological polar surface area (TPSA) is 12.9 Å². The van der Waals surface area contributed by atoms with Crippen LogP contribution in [-0.2, 0) is 5.41 Å². The summed E-state index contributed by atoms with van der Waals surface area (Å²) in [5.74, 6) is 0. The Labute approximate surface area is 97.2 Å². The molecule has 0 aliphatic heterocycles. The van der Waals surface area contributed by atoms with E-state index in [1.807, 2.05) is 18.3 Å². The molecule has 0 saturated heterocycles. The normalized spacial score (nSPS) is 11.4. The van der Waals surface area contributed by atoms with Crippen molar-refractivity contribution in [1.82, 2.24) is 4.98 Å². The zero-order valence-corrected chi connectivity index (χ0v) is 10.1. The van der Waals surface area contributed by atoms with Gasteiger partial charge in [-0.05, 0) is 24.6 Å². The fraction of sp³-hybridized carbons (Fsp3) is 0.267. The van der Waals surface area contributed by atoms with E-state index >= 15 is 0 Å². The number of aromatic nitrogens is 1. The van der Waals surface area contributed by atoms with Gasteiger partial charge in [-0.2, -0.15) is 0 Å². The first-order valence-electron chi connectivity index (χ1n) is 5.59. The standard InChI is InChI=1S/C15H17N/c1-12-7-9-13(10-8-12)15(2,3)14-6-4-5-11-16-14/h4-11H,1-3H3. The van der Waals surface area contributed by atoms with E-state index in [-0.39, 0.29) is 5.41 Å². The lowest BCUT2D eigenvalue weighted by Gasteiger charge is -2.24. The van der Waals surface area contributed by atoms with Crippen LogP contribution in [0.5, 0.6) is 0 Å². The second kappa shape index (κ2) is 4.09. The molecule has 2 rings (SSSR count). The Morgan fingerprint density at radius 1 is 0.938 bits per heavy atom. The van der Waals surface area contributed by atoms with E-state index in [0.29, 0.717) is 0 Å². The van der Waals surface area contributed by atoms with Crippen LogP contribution >= 0.6 is 0 Å². The molecule has 0 spiro atoms. The van der Waals surface area contributed by atoms with Gasteiger partial charge in [0, 0.05) is 11.6 Å². The SMILES string of the molecule is Cc1ccc(C(C)(C)c2ccccn2)cc1. The summed E-state index contributed by atoms with van der Waals surface area (Å²) in [5, 5.41) is 0. The van der Waals surface area contributed by atoms with Crippen molar-refractivity contribution in [2.45, 2.75) is 26.2 Å². The zero-order chi connectivity index (χ0) is 11.6. The summed E-state index contributed by atoms with van der Waals surface area (Å²) in [6.45, 7) is 6.53. The summed E-state index contributed by atoms with van der Waals surface area (Å²) < 4.78 is 0. The highest BCUT2D eigenvalue weighted by atomic mass is 14.7. The molecule has 0 aliphatic carbocycles. The van der Waals surface area contributed by atoms with Crippen LogP contribution in [0.3, 0.4) is 0 Å². The molecule has 1 heteroatoms. The summed E-state index contributed by atoms with van der Waals surface area (Å²) in [7, 11) is 0. The molecule has 1 aromatic carbocycles. The Balaban J connectivity index is 2.43. The predicted molar refractivity (Wildman–Crippen MR) is 67.5 cm³/mol. The van der Waals surface area contributed by atoms with Crippen molar-refractivity contribution in [1.29, 1.82) is 0 Å². The Hall–Kier alpha value is -1.63. The van der Waals surface area contributed by atoms with Crippen molar-refractivity contribution in [2.24, 2.45) is 0 Å². The third kappa shape index (κ3) is 1.99. The van der Waals surface area contributed by atoms with Crippen LogP contribution in [0.1, 0.15) is 30.7 Å². The maximum atomic E-state index is 4.45. The molecular weight excluding hydrogens is 194 g/mol. The average molecular weight is 211 g/mol. The third-order valence-electron chi connectivity index (χ3n) is 3.08. The van der Waals surface area contributed by atoms with Gasteiger partial charge >= 0.3 is 0 Å². The highest BCUT2D eigenvalue weighted by Gasteiger charge is 2.23. The van der Waals surface area contributed by atoms with Crippen molar-refractivity contribution >= 4 is 0 Å².